The number of amides is 2. The first-order chi connectivity index (χ1) is 12.7. The van der Waals surface area contributed by atoms with Gasteiger partial charge < -0.3 is 20.3 Å². The highest BCUT2D eigenvalue weighted by Gasteiger charge is 2.21. The Kier molecular flexibility index (Phi) is 7.59. The van der Waals surface area contributed by atoms with E-state index in [9.17, 15) is 14.0 Å². The molecule has 0 bridgehead atoms. The first kappa shape index (κ1) is 21.2. The van der Waals surface area contributed by atoms with Crippen LogP contribution in [0.1, 0.15) is 40.0 Å². The molecule has 0 radical (unpaired) electrons. The summed E-state index contributed by atoms with van der Waals surface area (Å²) >= 11 is 0. The van der Waals surface area contributed by atoms with Gasteiger partial charge in [0.15, 0.2) is 0 Å². The molecule has 1 saturated heterocycles. The van der Waals surface area contributed by atoms with E-state index in [0.717, 1.165) is 25.9 Å². The Bertz CT molecular complexity index is 638. The lowest BCUT2D eigenvalue weighted by Gasteiger charge is -2.32. The lowest BCUT2D eigenvalue weighted by Crippen LogP contribution is -2.40. The largest absolute Gasteiger partial charge is 0.444 e. The van der Waals surface area contributed by atoms with E-state index in [1.165, 1.54) is 12.1 Å². The summed E-state index contributed by atoms with van der Waals surface area (Å²) in [6.07, 6.45) is 1.94. The Morgan fingerprint density at radius 2 is 1.96 bits per heavy atom. The van der Waals surface area contributed by atoms with Gasteiger partial charge in [0.25, 0.3) is 0 Å². The summed E-state index contributed by atoms with van der Waals surface area (Å²) < 4.78 is 18.4. The highest BCUT2D eigenvalue weighted by atomic mass is 19.1. The van der Waals surface area contributed by atoms with E-state index in [1.54, 1.807) is 12.1 Å². The molecule has 27 heavy (non-hydrogen) atoms. The van der Waals surface area contributed by atoms with Crippen LogP contribution in [0.4, 0.5) is 14.9 Å². The molecule has 0 spiro atoms. The van der Waals surface area contributed by atoms with E-state index in [1.807, 2.05) is 20.8 Å². The normalized spacial score (nSPS) is 16.0. The number of nitrogens with one attached hydrogen (secondary N) is 2. The van der Waals surface area contributed by atoms with Crippen molar-refractivity contribution < 1.29 is 18.7 Å². The summed E-state index contributed by atoms with van der Waals surface area (Å²) in [4.78, 5) is 25.9. The Labute approximate surface area is 160 Å². The number of ether oxygens (including phenoxy) is 1. The van der Waals surface area contributed by atoms with Gasteiger partial charge in [0.1, 0.15) is 11.4 Å². The number of benzene rings is 1. The van der Waals surface area contributed by atoms with E-state index in [-0.39, 0.29) is 17.8 Å². The van der Waals surface area contributed by atoms with Gasteiger partial charge in [0.2, 0.25) is 5.91 Å². The second-order valence-electron chi connectivity index (χ2n) is 7.98. The van der Waals surface area contributed by atoms with Gasteiger partial charge in [-0.15, -0.1) is 0 Å². The van der Waals surface area contributed by atoms with Crippen LogP contribution in [-0.4, -0.2) is 48.7 Å². The maximum absolute atomic E-state index is 13.1. The Morgan fingerprint density at radius 1 is 1.26 bits per heavy atom. The first-order valence-corrected chi connectivity index (χ1v) is 9.46. The minimum atomic E-state index is -0.487. The van der Waals surface area contributed by atoms with Gasteiger partial charge >= 0.3 is 6.09 Å². The van der Waals surface area contributed by atoms with Crippen LogP contribution in [0.2, 0.25) is 0 Å². The summed E-state index contributed by atoms with van der Waals surface area (Å²) in [6.45, 7) is 8.61. The van der Waals surface area contributed by atoms with Crippen molar-refractivity contribution in [3.8, 4) is 0 Å². The zero-order chi connectivity index (χ0) is 19.9. The molecule has 2 N–H and O–H groups in total. The van der Waals surface area contributed by atoms with Gasteiger partial charge in [-0.3, -0.25) is 4.79 Å². The van der Waals surface area contributed by atoms with E-state index < -0.39 is 5.60 Å². The molecule has 0 saturated carbocycles. The van der Waals surface area contributed by atoms with E-state index >= 15 is 0 Å². The number of hydrogen-bond acceptors (Lipinski definition) is 4. The lowest BCUT2D eigenvalue weighted by atomic mass is 9.97. The number of rotatable bonds is 6. The second kappa shape index (κ2) is 9.69. The predicted octanol–water partition coefficient (Wildman–Crippen LogP) is 3.39. The summed E-state index contributed by atoms with van der Waals surface area (Å²) in [5.41, 5.74) is -0.00793. The molecule has 1 aliphatic rings. The molecule has 150 valence electrons. The number of alkyl carbamates (subject to hydrolysis) is 1. The minimum Gasteiger partial charge on any atom is -0.444 e. The third kappa shape index (κ3) is 8.39. The van der Waals surface area contributed by atoms with Crippen molar-refractivity contribution in [2.24, 2.45) is 5.92 Å². The predicted molar refractivity (Wildman–Crippen MR) is 103 cm³/mol. The highest BCUT2D eigenvalue weighted by molar-refractivity contribution is 5.90. The van der Waals surface area contributed by atoms with Crippen LogP contribution in [0.25, 0.3) is 0 Å². The van der Waals surface area contributed by atoms with Gasteiger partial charge in [0, 0.05) is 25.2 Å². The SMILES string of the molecule is CC(C)(C)OC(=O)NCC1CCN(CCC(=O)Nc2cccc(F)c2)CC1. The number of halogens is 1. The molecule has 0 unspecified atom stereocenters. The fourth-order valence-corrected chi connectivity index (χ4v) is 3.01. The van der Waals surface area contributed by atoms with Gasteiger partial charge in [-0.1, -0.05) is 6.07 Å². The molecule has 1 aliphatic heterocycles. The van der Waals surface area contributed by atoms with Gasteiger partial charge in [-0.05, 0) is 70.8 Å². The van der Waals surface area contributed by atoms with Crippen LogP contribution in [0.15, 0.2) is 24.3 Å². The molecule has 1 aromatic carbocycles. The Hall–Kier alpha value is -2.15. The standard InChI is InChI=1S/C20H30FN3O3/c1-20(2,3)27-19(26)22-14-15-7-10-24(11-8-15)12-9-18(25)23-17-6-4-5-16(21)13-17/h4-6,13,15H,7-12,14H2,1-3H3,(H,22,26)(H,23,25). The summed E-state index contributed by atoms with van der Waals surface area (Å²) in [5.74, 6) is -0.0564. The molecule has 6 nitrogen and oxygen atoms in total. The quantitative estimate of drug-likeness (QED) is 0.795. The van der Waals surface area contributed by atoms with Crippen molar-refractivity contribution in [3.63, 3.8) is 0 Å². The molecule has 7 heteroatoms. The molecule has 0 aromatic heterocycles. The van der Waals surface area contributed by atoms with Gasteiger partial charge in [0.05, 0.1) is 0 Å². The zero-order valence-electron chi connectivity index (χ0n) is 16.4. The molecule has 0 atom stereocenters. The monoisotopic (exact) mass is 379 g/mol. The van der Waals surface area contributed by atoms with Crippen molar-refractivity contribution in [1.82, 2.24) is 10.2 Å². The molecular formula is C20H30FN3O3. The highest BCUT2D eigenvalue weighted by Crippen LogP contribution is 2.17. The average molecular weight is 379 g/mol. The van der Waals surface area contributed by atoms with Crippen LogP contribution >= 0.6 is 0 Å². The third-order valence-corrected chi connectivity index (χ3v) is 4.40. The number of likely N-dealkylation sites (tertiary alicyclic amines) is 1. The molecule has 1 aromatic rings. The van der Waals surface area contributed by atoms with E-state index in [2.05, 4.69) is 15.5 Å². The minimum absolute atomic E-state index is 0.116. The fourth-order valence-electron chi connectivity index (χ4n) is 3.01. The second-order valence-corrected chi connectivity index (χ2v) is 7.98. The van der Waals surface area contributed by atoms with Gasteiger partial charge in [-0.2, -0.15) is 0 Å². The number of carbonyl (C=O) groups excluding carboxylic acids is 2. The molecule has 2 rings (SSSR count). The number of carbonyl (C=O) groups is 2. The van der Waals surface area contributed by atoms with E-state index in [0.29, 0.717) is 31.1 Å². The van der Waals surface area contributed by atoms with Crippen molar-refractivity contribution in [1.29, 1.82) is 0 Å². The summed E-state index contributed by atoms with van der Waals surface area (Å²) in [6, 6.07) is 5.89. The Balaban J connectivity index is 1.61. The van der Waals surface area contributed by atoms with Crippen LogP contribution in [-0.2, 0) is 9.53 Å². The summed E-state index contributed by atoms with van der Waals surface area (Å²) in [5, 5.41) is 5.55. The third-order valence-electron chi connectivity index (χ3n) is 4.40. The molecule has 0 aliphatic carbocycles. The number of nitrogens with zero attached hydrogens (tertiary/aromatic N) is 1. The molecular weight excluding hydrogens is 349 g/mol. The topological polar surface area (TPSA) is 70.7 Å². The zero-order valence-corrected chi connectivity index (χ0v) is 16.4. The van der Waals surface area contributed by atoms with Crippen LogP contribution in [0.3, 0.4) is 0 Å². The van der Waals surface area contributed by atoms with Crippen LogP contribution in [0, 0.1) is 11.7 Å². The van der Waals surface area contributed by atoms with Crippen molar-refractivity contribution in [2.45, 2.75) is 45.6 Å². The molecule has 1 fully saturated rings. The molecule has 1 heterocycles. The van der Waals surface area contributed by atoms with Crippen LogP contribution < -0.4 is 10.6 Å². The Morgan fingerprint density at radius 3 is 2.59 bits per heavy atom. The van der Waals surface area contributed by atoms with Crippen LogP contribution in [0.5, 0.6) is 0 Å². The van der Waals surface area contributed by atoms with Crippen molar-refractivity contribution in [2.75, 3.05) is 31.5 Å². The maximum atomic E-state index is 13.1. The van der Waals surface area contributed by atoms with Crippen molar-refractivity contribution in [3.05, 3.63) is 30.1 Å². The average Bonchev–Trinajstić information content (AvgIpc) is 2.57. The summed E-state index contributed by atoms with van der Waals surface area (Å²) in [7, 11) is 0. The van der Waals surface area contributed by atoms with Gasteiger partial charge in [-0.25, -0.2) is 9.18 Å². The lowest BCUT2D eigenvalue weighted by molar-refractivity contribution is -0.116. The smallest absolute Gasteiger partial charge is 0.407 e. The number of piperidine rings is 1. The number of anilines is 1. The maximum Gasteiger partial charge on any atom is 0.407 e. The number of hydrogen-bond donors (Lipinski definition) is 2. The van der Waals surface area contributed by atoms with Crippen molar-refractivity contribution >= 4 is 17.7 Å². The molecule has 2 amide bonds. The van der Waals surface area contributed by atoms with E-state index in [4.69, 9.17) is 4.74 Å². The fraction of sp³-hybridized carbons (Fsp3) is 0.600. The first-order valence-electron chi connectivity index (χ1n) is 9.46.